The van der Waals surface area contributed by atoms with E-state index in [1.165, 1.54) is 7.11 Å². The summed E-state index contributed by atoms with van der Waals surface area (Å²) >= 11 is 5.92. The molecule has 22 heavy (non-hydrogen) atoms. The molecule has 6 heteroatoms. The molecule has 0 fully saturated rings. The van der Waals surface area contributed by atoms with Crippen LogP contribution in [0.1, 0.15) is 11.1 Å². The highest BCUT2D eigenvalue weighted by Crippen LogP contribution is 2.27. The lowest BCUT2D eigenvalue weighted by Gasteiger charge is -2.12. The Morgan fingerprint density at radius 1 is 1.23 bits per heavy atom. The summed E-state index contributed by atoms with van der Waals surface area (Å²) in [6, 6.07) is 12.4. The molecule has 4 N–H and O–H groups in total. The maximum absolute atomic E-state index is 12.0. The van der Waals surface area contributed by atoms with Crippen molar-refractivity contribution in [3.63, 3.8) is 0 Å². The molecule has 0 unspecified atom stereocenters. The van der Waals surface area contributed by atoms with E-state index < -0.39 is 0 Å². The van der Waals surface area contributed by atoms with Crippen molar-refractivity contribution in [2.45, 2.75) is 13.1 Å². The number of hydrogen-bond acceptors (Lipinski definition) is 3. The van der Waals surface area contributed by atoms with Gasteiger partial charge in [-0.15, -0.1) is 0 Å². The number of benzene rings is 2. The van der Waals surface area contributed by atoms with Gasteiger partial charge in [0, 0.05) is 18.1 Å². The maximum atomic E-state index is 12.0. The van der Waals surface area contributed by atoms with Gasteiger partial charge < -0.3 is 21.1 Å². The first-order valence-electron chi connectivity index (χ1n) is 6.78. The fourth-order valence-electron chi connectivity index (χ4n) is 1.99. The lowest BCUT2D eigenvalue weighted by Crippen LogP contribution is -2.28. The number of nitrogens with two attached hydrogens (primary N) is 1. The second-order valence-electron chi connectivity index (χ2n) is 4.68. The number of rotatable bonds is 5. The van der Waals surface area contributed by atoms with Crippen LogP contribution in [0.25, 0.3) is 0 Å². The van der Waals surface area contributed by atoms with Gasteiger partial charge in [-0.1, -0.05) is 35.9 Å². The number of carbonyl (C=O) groups excluding carboxylic acids is 1. The molecule has 2 amide bonds. The number of methoxy groups -OCH3 is 1. The van der Waals surface area contributed by atoms with Crippen LogP contribution in [-0.4, -0.2) is 13.1 Å². The van der Waals surface area contributed by atoms with Gasteiger partial charge in [-0.05, 0) is 29.3 Å². The molecule has 0 saturated heterocycles. The minimum absolute atomic E-state index is 0.335. The molecule has 5 nitrogen and oxygen atoms in total. The van der Waals surface area contributed by atoms with Gasteiger partial charge in [-0.3, -0.25) is 0 Å². The molecular weight excluding hydrogens is 302 g/mol. The van der Waals surface area contributed by atoms with Gasteiger partial charge in [0.15, 0.2) is 0 Å². The number of ether oxygens (including phenoxy) is 1. The zero-order chi connectivity index (χ0) is 15.9. The summed E-state index contributed by atoms with van der Waals surface area (Å²) < 4.78 is 5.18. The quantitative estimate of drug-likeness (QED) is 0.792. The summed E-state index contributed by atoms with van der Waals surface area (Å²) in [5.74, 6) is 0.546. The van der Waals surface area contributed by atoms with Crippen LogP contribution in [0.2, 0.25) is 5.02 Å². The van der Waals surface area contributed by atoms with E-state index in [0.717, 1.165) is 11.1 Å². The first kappa shape index (κ1) is 16.1. The van der Waals surface area contributed by atoms with E-state index in [1.807, 2.05) is 24.3 Å². The Hall–Kier alpha value is -2.24. The van der Waals surface area contributed by atoms with Gasteiger partial charge in [0.25, 0.3) is 0 Å². The monoisotopic (exact) mass is 319 g/mol. The molecule has 2 rings (SSSR count). The van der Waals surface area contributed by atoms with Gasteiger partial charge in [-0.25, -0.2) is 4.79 Å². The summed E-state index contributed by atoms with van der Waals surface area (Å²) in [7, 11) is 1.53. The van der Waals surface area contributed by atoms with Gasteiger partial charge in [0.1, 0.15) is 5.75 Å². The van der Waals surface area contributed by atoms with E-state index in [0.29, 0.717) is 29.5 Å². The van der Waals surface area contributed by atoms with Crippen molar-refractivity contribution >= 4 is 23.3 Å². The Kier molecular flexibility index (Phi) is 5.63. The Morgan fingerprint density at radius 2 is 2.00 bits per heavy atom. The van der Waals surface area contributed by atoms with E-state index in [2.05, 4.69) is 10.6 Å². The molecule has 0 spiro atoms. The minimum Gasteiger partial charge on any atom is -0.495 e. The maximum Gasteiger partial charge on any atom is 0.319 e. The highest BCUT2D eigenvalue weighted by Gasteiger charge is 2.08. The third-order valence-corrected chi connectivity index (χ3v) is 3.32. The van der Waals surface area contributed by atoms with Crippen LogP contribution >= 0.6 is 11.6 Å². The van der Waals surface area contributed by atoms with Gasteiger partial charge in [-0.2, -0.15) is 0 Å². The summed E-state index contributed by atoms with van der Waals surface area (Å²) in [5, 5.41) is 6.02. The highest BCUT2D eigenvalue weighted by molar-refractivity contribution is 6.31. The zero-order valence-corrected chi connectivity index (χ0v) is 13.0. The van der Waals surface area contributed by atoms with Crippen molar-refractivity contribution in [1.29, 1.82) is 0 Å². The number of urea groups is 1. The van der Waals surface area contributed by atoms with E-state index >= 15 is 0 Å². The minimum atomic E-state index is -0.335. The van der Waals surface area contributed by atoms with Crippen LogP contribution < -0.4 is 21.1 Å². The van der Waals surface area contributed by atoms with E-state index in [9.17, 15) is 4.79 Å². The summed E-state index contributed by atoms with van der Waals surface area (Å²) in [4.78, 5) is 12.0. The fourth-order valence-corrected chi connectivity index (χ4v) is 2.17. The number of halogens is 1. The van der Waals surface area contributed by atoms with Crippen molar-refractivity contribution < 1.29 is 9.53 Å². The lowest BCUT2D eigenvalue weighted by molar-refractivity contribution is 0.251. The van der Waals surface area contributed by atoms with Crippen molar-refractivity contribution in [1.82, 2.24) is 5.32 Å². The Labute approximate surface area is 134 Å². The number of amides is 2. The fraction of sp³-hybridized carbons (Fsp3) is 0.188. The average Bonchev–Trinajstić information content (AvgIpc) is 2.53. The largest absolute Gasteiger partial charge is 0.495 e. The van der Waals surface area contributed by atoms with Crippen LogP contribution in [0, 0.1) is 0 Å². The van der Waals surface area contributed by atoms with Crippen LogP contribution in [0.3, 0.4) is 0 Å². The molecule has 0 heterocycles. The Bertz CT molecular complexity index is 662. The topological polar surface area (TPSA) is 76.4 Å². The molecule has 0 bridgehead atoms. The van der Waals surface area contributed by atoms with E-state index in [-0.39, 0.29) is 6.03 Å². The Morgan fingerprint density at radius 3 is 2.73 bits per heavy atom. The molecule has 0 atom stereocenters. The molecule has 2 aromatic carbocycles. The number of carbonyl (C=O) groups is 1. The highest BCUT2D eigenvalue weighted by atomic mass is 35.5. The molecule has 0 aliphatic rings. The molecule has 116 valence electrons. The van der Waals surface area contributed by atoms with Crippen molar-refractivity contribution in [2.24, 2.45) is 5.73 Å². The zero-order valence-electron chi connectivity index (χ0n) is 12.2. The van der Waals surface area contributed by atoms with E-state index in [4.69, 9.17) is 22.1 Å². The Balaban J connectivity index is 1.97. The second kappa shape index (κ2) is 7.68. The SMILES string of the molecule is COc1ccc(Cl)cc1NC(=O)NCc1cccc(CN)c1. The average molecular weight is 320 g/mol. The number of nitrogens with one attached hydrogen (secondary N) is 2. The molecule has 0 radical (unpaired) electrons. The third-order valence-electron chi connectivity index (χ3n) is 3.09. The summed E-state index contributed by atoms with van der Waals surface area (Å²) in [6.07, 6.45) is 0. The smallest absolute Gasteiger partial charge is 0.319 e. The first-order valence-corrected chi connectivity index (χ1v) is 7.16. The second-order valence-corrected chi connectivity index (χ2v) is 5.11. The van der Waals surface area contributed by atoms with Crippen LogP contribution in [0.4, 0.5) is 10.5 Å². The van der Waals surface area contributed by atoms with E-state index in [1.54, 1.807) is 18.2 Å². The summed E-state index contributed by atoms with van der Waals surface area (Å²) in [6.45, 7) is 0.877. The van der Waals surface area contributed by atoms with Gasteiger partial charge in [0.05, 0.1) is 12.8 Å². The molecule has 2 aromatic rings. The van der Waals surface area contributed by atoms with Crippen molar-refractivity contribution in [3.8, 4) is 5.75 Å². The lowest BCUT2D eigenvalue weighted by atomic mass is 10.1. The van der Waals surface area contributed by atoms with Crippen LogP contribution in [-0.2, 0) is 13.1 Å². The third kappa shape index (κ3) is 4.38. The molecule has 0 saturated carbocycles. The van der Waals surface area contributed by atoms with Gasteiger partial charge in [0.2, 0.25) is 0 Å². The standard InChI is InChI=1S/C16H18ClN3O2/c1-22-15-6-5-13(17)8-14(15)20-16(21)19-10-12-4-2-3-11(7-12)9-18/h2-8H,9-10,18H2,1H3,(H2,19,20,21). The molecule has 0 aliphatic carbocycles. The molecular formula is C16H18ClN3O2. The summed E-state index contributed by atoms with van der Waals surface area (Å²) in [5.41, 5.74) is 8.12. The van der Waals surface area contributed by atoms with Crippen molar-refractivity contribution in [2.75, 3.05) is 12.4 Å². The number of hydrogen-bond donors (Lipinski definition) is 3. The van der Waals surface area contributed by atoms with Crippen LogP contribution in [0.5, 0.6) is 5.75 Å². The first-order chi connectivity index (χ1) is 10.6. The van der Waals surface area contributed by atoms with Crippen LogP contribution in [0.15, 0.2) is 42.5 Å². The normalized spacial score (nSPS) is 10.1. The molecule has 0 aromatic heterocycles. The predicted molar refractivity (Wildman–Crippen MR) is 88.2 cm³/mol. The number of anilines is 1. The van der Waals surface area contributed by atoms with Crippen molar-refractivity contribution in [3.05, 3.63) is 58.6 Å². The van der Waals surface area contributed by atoms with Gasteiger partial charge >= 0.3 is 6.03 Å². The predicted octanol–water partition coefficient (Wildman–Crippen LogP) is 3.13. The molecule has 0 aliphatic heterocycles.